The molecule has 2 nitrogen and oxygen atoms in total. The molecular weight excluding hydrogens is 195 g/mol. The molecule has 0 saturated heterocycles. The van der Waals surface area contributed by atoms with Crippen LogP contribution in [0.3, 0.4) is 0 Å². The molecule has 1 aromatic carbocycles. The number of nitrogen functional groups attached to an aromatic ring is 2. The number of hydrogen-bond donors (Lipinski definition) is 2. The van der Waals surface area contributed by atoms with Gasteiger partial charge in [-0.1, -0.05) is 31.5 Å². The Morgan fingerprint density at radius 1 is 1.00 bits per heavy atom. The summed E-state index contributed by atoms with van der Waals surface area (Å²) in [5.74, 6) is 1.17. The van der Waals surface area contributed by atoms with Crippen molar-refractivity contribution in [1.82, 2.24) is 0 Å². The molecule has 0 bridgehead atoms. The van der Waals surface area contributed by atoms with E-state index in [1.54, 1.807) is 6.07 Å². The first-order valence-electron chi connectivity index (χ1n) is 6.04. The summed E-state index contributed by atoms with van der Waals surface area (Å²) in [5, 5.41) is 0. The van der Waals surface area contributed by atoms with Crippen LogP contribution in [0.15, 0.2) is 18.2 Å². The van der Waals surface area contributed by atoms with Gasteiger partial charge in [0.25, 0.3) is 0 Å². The van der Waals surface area contributed by atoms with Gasteiger partial charge in [-0.3, -0.25) is 0 Å². The van der Waals surface area contributed by atoms with E-state index in [0.717, 1.165) is 36.6 Å². The third-order valence-corrected chi connectivity index (χ3v) is 3.45. The second-order valence-corrected chi connectivity index (χ2v) is 4.99. The van der Waals surface area contributed by atoms with Gasteiger partial charge < -0.3 is 11.5 Å². The molecule has 4 N–H and O–H groups in total. The lowest BCUT2D eigenvalue weighted by Crippen LogP contribution is -2.13. The molecule has 1 fully saturated rings. The van der Waals surface area contributed by atoms with Gasteiger partial charge in [-0.05, 0) is 36.1 Å². The minimum absolute atomic E-state index is 0.419. The van der Waals surface area contributed by atoms with E-state index in [2.05, 4.69) is 0 Å². The molecule has 16 heavy (non-hydrogen) atoms. The van der Waals surface area contributed by atoms with E-state index < -0.39 is 0 Å². The van der Waals surface area contributed by atoms with Gasteiger partial charge in [0.05, 0.1) is 7.85 Å². The Morgan fingerprint density at radius 2 is 1.56 bits per heavy atom. The Hall–Kier alpha value is -1.12. The Bertz CT molecular complexity index is 337. The molecule has 3 heteroatoms. The van der Waals surface area contributed by atoms with E-state index >= 15 is 0 Å². The molecule has 2 rings (SSSR count). The molecule has 0 atom stereocenters. The van der Waals surface area contributed by atoms with Crippen molar-refractivity contribution in [2.45, 2.75) is 37.9 Å². The van der Waals surface area contributed by atoms with E-state index in [1.807, 2.05) is 12.1 Å². The Labute approximate surface area is 98.8 Å². The number of anilines is 2. The normalized spacial score (nSPS) is 25.5. The van der Waals surface area contributed by atoms with Crippen molar-refractivity contribution in [1.29, 1.82) is 0 Å². The van der Waals surface area contributed by atoms with Crippen LogP contribution in [-0.2, 0) is 6.42 Å². The van der Waals surface area contributed by atoms with E-state index in [9.17, 15) is 0 Å². The van der Waals surface area contributed by atoms with Gasteiger partial charge in [-0.15, -0.1) is 0 Å². The predicted octanol–water partition coefficient (Wildman–Crippen LogP) is 2.54. The molecule has 0 unspecified atom stereocenters. The topological polar surface area (TPSA) is 52.0 Å². The number of rotatable bonds is 2. The molecule has 0 spiro atoms. The second-order valence-electron chi connectivity index (χ2n) is 4.99. The van der Waals surface area contributed by atoms with Gasteiger partial charge in [0.15, 0.2) is 0 Å². The molecule has 0 aromatic heterocycles. The highest BCUT2D eigenvalue weighted by molar-refractivity contribution is 6.11. The molecule has 1 aromatic rings. The van der Waals surface area contributed by atoms with Gasteiger partial charge in [-0.2, -0.15) is 0 Å². The average molecular weight is 214 g/mol. The average Bonchev–Trinajstić information content (AvgIpc) is 2.20. The van der Waals surface area contributed by atoms with Crippen molar-refractivity contribution in [3.8, 4) is 0 Å². The summed E-state index contributed by atoms with van der Waals surface area (Å²) in [6, 6.07) is 5.87. The lowest BCUT2D eigenvalue weighted by molar-refractivity contribution is 0.357. The number of benzene rings is 1. The monoisotopic (exact) mass is 214 g/mol. The summed E-state index contributed by atoms with van der Waals surface area (Å²) >= 11 is 0. The largest absolute Gasteiger partial charge is 0.399 e. The van der Waals surface area contributed by atoms with Crippen molar-refractivity contribution in [3.05, 3.63) is 23.8 Å². The van der Waals surface area contributed by atoms with Crippen LogP contribution in [0.25, 0.3) is 0 Å². The van der Waals surface area contributed by atoms with E-state index in [4.69, 9.17) is 19.3 Å². The minimum Gasteiger partial charge on any atom is -0.399 e. The van der Waals surface area contributed by atoms with Gasteiger partial charge in [0.2, 0.25) is 0 Å². The highest BCUT2D eigenvalue weighted by Crippen LogP contribution is 2.33. The van der Waals surface area contributed by atoms with Crippen LogP contribution in [0, 0.1) is 5.92 Å². The van der Waals surface area contributed by atoms with Crippen LogP contribution in [0.5, 0.6) is 0 Å². The standard InChI is InChI=1S/C13H19BN2/c14-11-3-1-9(2-4-11)5-10-6-12(15)8-13(16)7-10/h6-9,11H,1-5,15-16H2. The summed E-state index contributed by atoms with van der Waals surface area (Å²) in [5.41, 5.74) is 14.4. The molecule has 1 aliphatic rings. The lowest BCUT2D eigenvalue weighted by Gasteiger charge is -2.26. The summed E-state index contributed by atoms with van der Waals surface area (Å²) in [6.07, 6.45) is 5.86. The number of nitrogens with two attached hydrogens (primary N) is 2. The fourth-order valence-corrected chi connectivity index (χ4v) is 2.59. The zero-order chi connectivity index (χ0) is 11.5. The zero-order valence-corrected chi connectivity index (χ0v) is 9.65. The van der Waals surface area contributed by atoms with Crippen molar-refractivity contribution < 1.29 is 0 Å². The Morgan fingerprint density at radius 3 is 2.12 bits per heavy atom. The van der Waals surface area contributed by atoms with Crippen molar-refractivity contribution in [3.63, 3.8) is 0 Å². The van der Waals surface area contributed by atoms with Crippen LogP contribution in [-0.4, -0.2) is 7.85 Å². The summed E-state index contributed by atoms with van der Waals surface area (Å²) < 4.78 is 0. The minimum atomic E-state index is 0.419. The molecule has 2 radical (unpaired) electrons. The van der Waals surface area contributed by atoms with Gasteiger partial charge >= 0.3 is 0 Å². The first-order chi connectivity index (χ1) is 7.63. The molecule has 0 heterocycles. The Balaban J connectivity index is 1.98. The maximum absolute atomic E-state index is 5.90. The molecule has 0 amide bonds. The van der Waals surface area contributed by atoms with Crippen molar-refractivity contribution >= 4 is 19.2 Å². The van der Waals surface area contributed by atoms with Crippen LogP contribution < -0.4 is 11.5 Å². The van der Waals surface area contributed by atoms with E-state index in [1.165, 1.54) is 18.4 Å². The van der Waals surface area contributed by atoms with Crippen LogP contribution in [0.1, 0.15) is 31.2 Å². The fraction of sp³-hybridized carbons (Fsp3) is 0.538. The highest BCUT2D eigenvalue weighted by atomic mass is 14.6. The SMILES string of the molecule is [B]C1CCC(Cc2cc(N)cc(N)c2)CC1. The van der Waals surface area contributed by atoms with E-state index in [0.29, 0.717) is 5.82 Å². The number of hydrogen-bond acceptors (Lipinski definition) is 2. The quantitative estimate of drug-likeness (QED) is 0.587. The molecular formula is C13H19BN2. The first kappa shape index (κ1) is 11.4. The maximum Gasteiger partial charge on any atom is 0.0699 e. The molecule has 0 aliphatic heterocycles. The second kappa shape index (κ2) is 4.81. The third-order valence-electron chi connectivity index (χ3n) is 3.45. The van der Waals surface area contributed by atoms with Crippen molar-refractivity contribution in [2.75, 3.05) is 11.5 Å². The lowest BCUT2D eigenvalue weighted by atomic mass is 9.71. The molecule has 84 valence electrons. The van der Waals surface area contributed by atoms with Gasteiger partial charge in [0, 0.05) is 11.4 Å². The predicted molar refractivity (Wildman–Crippen MR) is 70.4 cm³/mol. The van der Waals surface area contributed by atoms with Gasteiger partial charge in [0.1, 0.15) is 0 Å². The molecule has 1 saturated carbocycles. The highest BCUT2D eigenvalue weighted by Gasteiger charge is 2.18. The van der Waals surface area contributed by atoms with Crippen molar-refractivity contribution in [2.24, 2.45) is 5.92 Å². The molecule has 1 aliphatic carbocycles. The summed E-state index contributed by atoms with van der Waals surface area (Å²) in [7, 11) is 5.90. The fourth-order valence-electron chi connectivity index (χ4n) is 2.59. The Kier molecular flexibility index (Phi) is 3.42. The van der Waals surface area contributed by atoms with Crippen LogP contribution in [0.2, 0.25) is 5.82 Å². The van der Waals surface area contributed by atoms with E-state index in [-0.39, 0.29) is 0 Å². The van der Waals surface area contributed by atoms with Crippen LogP contribution >= 0.6 is 0 Å². The van der Waals surface area contributed by atoms with Gasteiger partial charge in [-0.25, -0.2) is 0 Å². The first-order valence-corrected chi connectivity index (χ1v) is 6.04. The third kappa shape index (κ3) is 2.94. The summed E-state index contributed by atoms with van der Waals surface area (Å²) in [4.78, 5) is 0. The summed E-state index contributed by atoms with van der Waals surface area (Å²) in [6.45, 7) is 0. The smallest absolute Gasteiger partial charge is 0.0699 e. The van der Waals surface area contributed by atoms with Crippen LogP contribution in [0.4, 0.5) is 11.4 Å². The maximum atomic E-state index is 5.90. The zero-order valence-electron chi connectivity index (χ0n) is 9.65.